The van der Waals surface area contributed by atoms with Crippen molar-refractivity contribution in [2.45, 2.75) is 120 Å². The lowest BCUT2D eigenvalue weighted by Crippen LogP contribution is -2.62. The van der Waals surface area contributed by atoms with Gasteiger partial charge in [0.1, 0.15) is 54.1 Å². The van der Waals surface area contributed by atoms with Gasteiger partial charge in [-0.2, -0.15) is 0 Å². The molecule has 1 heterocycles. The Kier molecular flexibility index (Phi) is 26.8. The van der Waals surface area contributed by atoms with E-state index >= 15 is 0 Å². The number of carboxylic acid groups (broad SMARTS) is 2. The van der Waals surface area contributed by atoms with Crippen LogP contribution in [0, 0.1) is 5.92 Å². The molecular formula is C50H69N13O18. The number of aromatic nitrogens is 2. The molecule has 31 heteroatoms. The Morgan fingerprint density at radius 3 is 1.56 bits per heavy atom. The van der Waals surface area contributed by atoms with E-state index in [9.17, 15) is 88.2 Å². The Morgan fingerprint density at radius 1 is 0.568 bits per heavy atom. The lowest BCUT2D eigenvalue weighted by Gasteiger charge is -2.29. The summed E-state index contributed by atoms with van der Waals surface area (Å²) in [5.74, 6) is -15.2. The summed E-state index contributed by atoms with van der Waals surface area (Å²) < 4.78 is 0. The van der Waals surface area contributed by atoms with Crippen molar-refractivity contribution >= 4 is 71.0 Å². The van der Waals surface area contributed by atoms with Gasteiger partial charge in [0, 0.05) is 31.2 Å². The van der Waals surface area contributed by atoms with Crippen molar-refractivity contribution in [3.63, 3.8) is 0 Å². The molecule has 3 rings (SSSR count). The van der Waals surface area contributed by atoms with Gasteiger partial charge in [0.25, 0.3) is 0 Å². The third kappa shape index (κ3) is 22.3. The number of benzene rings is 2. The van der Waals surface area contributed by atoms with Crippen LogP contribution in [0.4, 0.5) is 0 Å². The fourth-order valence-electron chi connectivity index (χ4n) is 7.53. The number of aromatic hydroxyl groups is 1. The number of carboxylic acids is 2. The first-order chi connectivity index (χ1) is 38.3. The lowest BCUT2D eigenvalue weighted by molar-refractivity contribution is -0.142. The number of amides is 10. The van der Waals surface area contributed by atoms with E-state index in [0.717, 1.165) is 6.92 Å². The molecule has 10 amide bonds. The van der Waals surface area contributed by atoms with Crippen molar-refractivity contribution in [3.8, 4) is 5.75 Å². The van der Waals surface area contributed by atoms with Gasteiger partial charge in [-0.1, -0.05) is 62.7 Å². The topological polar surface area (TPSA) is 515 Å². The molecule has 0 fully saturated rings. The van der Waals surface area contributed by atoms with Crippen molar-refractivity contribution in [3.05, 3.63) is 83.9 Å². The van der Waals surface area contributed by atoms with Crippen LogP contribution in [0.3, 0.4) is 0 Å². The second-order valence-corrected chi connectivity index (χ2v) is 18.7. The van der Waals surface area contributed by atoms with E-state index in [4.69, 9.17) is 11.5 Å². The van der Waals surface area contributed by atoms with Crippen molar-refractivity contribution in [2.75, 3.05) is 19.8 Å². The Labute approximate surface area is 462 Å². The number of aliphatic carboxylic acids is 2. The highest BCUT2D eigenvalue weighted by atomic mass is 16.4. The smallest absolute Gasteiger partial charge is 0.305 e. The minimum Gasteiger partial charge on any atom is -0.508 e. The Morgan fingerprint density at radius 2 is 1.04 bits per heavy atom. The van der Waals surface area contributed by atoms with Crippen LogP contribution in [0.25, 0.3) is 0 Å². The summed E-state index contributed by atoms with van der Waals surface area (Å²) in [4.78, 5) is 163. The van der Waals surface area contributed by atoms with Crippen LogP contribution in [-0.4, -0.2) is 192 Å². The third-order valence-electron chi connectivity index (χ3n) is 12.2. The van der Waals surface area contributed by atoms with Crippen molar-refractivity contribution in [1.29, 1.82) is 0 Å². The van der Waals surface area contributed by atoms with Gasteiger partial charge in [0.2, 0.25) is 59.1 Å². The molecule has 0 aliphatic carbocycles. The highest BCUT2D eigenvalue weighted by Gasteiger charge is 2.37. The summed E-state index contributed by atoms with van der Waals surface area (Å²) >= 11 is 0. The molecule has 0 saturated heterocycles. The van der Waals surface area contributed by atoms with Crippen LogP contribution in [0.5, 0.6) is 5.75 Å². The number of carbonyl (C=O) groups excluding carboxylic acids is 10. The van der Waals surface area contributed by atoms with Crippen LogP contribution < -0.4 is 59.3 Å². The molecule has 442 valence electrons. The number of carbonyl (C=O) groups is 12. The quantitative estimate of drug-likeness (QED) is 0.0264. The van der Waals surface area contributed by atoms with E-state index in [1.165, 1.54) is 36.8 Å². The van der Waals surface area contributed by atoms with E-state index < -0.39 is 170 Å². The Hall–Kier alpha value is -9.07. The number of aliphatic hydroxyl groups is 3. The average Bonchev–Trinajstić information content (AvgIpc) is 3.94. The van der Waals surface area contributed by atoms with Crippen molar-refractivity contribution in [1.82, 2.24) is 57.8 Å². The average molecular weight is 1140 g/mol. The van der Waals surface area contributed by atoms with E-state index in [0.29, 0.717) is 16.8 Å². The number of nitrogens with one attached hydrogen (secondary N) is 10. The van der Waals surface area contributed by atoms with Gasteiger partial charge in [-0.3, -0.25) is 57.5 Å². The van der Waals surface area contributed by atoms with Gasteiger partial charge < -0.3 is 94.9 Å². The van der Waals surface area contributed by atoms with Crippen LogP contribution in [0.15, 0.2) is 67.1 Å². The number of nitrogens with two attached hydrogens (primary N) is 2. The molecule has 2 aromatic carbocycles. The van der Waals surface area contributed by atoms with Crippen LogP contribution in [0.1, 0.15) is 56.9 Å². The minimum atomic E-state index is -2.04. The fraction of sp³-hybridized carbons (Fsp3) is 0.460. The summed E-state index contributed by atoms with van der Waals surface area (Å²) in [5.41, 5.74) is 12.7. The number of phenols is 1. The molecule has 0 radical (unpaired) electrons. The number of aliphatic hydroxyl groups excluding tert-OH is 3. The summed E-state index contributed by atoms with van der Waals surface area (Å²) in [6.45, 7) is 1.26. The van der Waals surface area contributed by atoms with Gasteiger partial charge in [0.05, 0.1) is 51.1 Å². The fourth-order valence-corrected chi connectivity index (χ4v) is 7.53. The van der Waals surface area contributed by atoms with Crippen LogP contribution in [0.2, 0.25) is 0 Å². The minimum absolute atomic E-state index is 0.0345. The van der Waals surface area contributed by atoms with Crippen LogP contribution in [-0.2, 0) is 76.8 Å². The maximum absolute atomic E-state index is 14.1. The largest absolute Gasteiger partial charge is 0.508 e. The zero-order valence-corrected chi connectivity index (χ0v) is 44.2. The first kappa shape index (κ1) is 66.2. The SMILES string of the molecule is CC[C@H](C)[C@H](NC(=O)CNC(=O)[C@H](CC(=O)O)NC(=O)[C@H](CO)NC(=O)[C@@H](N)Cc1cnc[nH]1)C(=O)N[C@@H](Cc1ccccc1)C(=O)N[C@H](C(=O)N[C@@H](CC(=O)O)C(=O)N[C@@H](CO)C(=O)N[C@@H](Cc1ccc(O)cc1)C(N)=O)[C@@H](C)O. The molecule has 3 aromatic rings. The maximum Gasteiger partial charge on any atom is 0.305 e. The summed E-state index contributed by atoms with van der Waals surface area (Å²) in [6, 6.07) is -1.54. The van der Waals surface area contributed by atoms with E-state index in [2.05, 4.69) is 57.8 Å². The molecule has 0 unspecified atom stereocenters. The van der Waals surface area contributed by atoms with Crippen LogP contribution >= 0.6 is 0 Å². The number of hydrogen-bond donors (Lipinski definition) is 18. The highest BCUT2D eigenvalue weighted by molar-refractivity contribution is 5.99. The zero-order valence-electron chi connectivity index (χ0n) is 44.2. The second-order valence-electron chi connectivity index (χ2n) is 18.7. The maximum atomic E-state index is 14.1. The lowest BCUT2D eigenvalue weighted by atomic mass is 9.97. The number of imidazole rings is 1. The molecule has 0 bridgehead atoms. The normalized spacial score (nSPS) is 15.0. The number of phenolic OH excluding ortho intramolecular Hbond substituents is 1. The van der Waals surface area contributed by atoms with E-state index in [1.54, 1.807) is 44.2 Å². The molecule has 0 spiro atoms. The molecule has 11 atom stereocenters. The standard InChI is InChI=1S/C50H69N13O18/c1-4-24(2)40(62-37(68)20-54-44(75)33(17-38(69)70)57-48(79)35(21-64)60-43(74)30(51)16-28-19-53-23-55-28)49(80)58-32(15-26-8-6-5-7-9-26)46(77)63-41(25(3)66)50(81)59-34(18-39(71)72)45(76)61-36(22-65)47(78)56-31(42(52)73)14-27-10-12-29(67)13-11-27/h5-13,19,23-25,30-36,40-41,64-67H,4,14-18,20-22,51H2,1-3H3,(H2,52,73)(H,53,55)(H,54,75)(H,56,78)(H,57,79)(H,58,80)(H,59,81)(H,60,74)(H,61,76)(H,62,68)(H,63,77)(H,69,70)(H,71,72)/t24-,25+,30-,31-,32-,33-,34-,35-,36-,40-,41-/m0/s1. The Bertz CT molecular complexity index is 2660. The van der Waals surface area contributed by atoms with Gasteiger partial charge in [-0.25, -0.2) is 4.98 Å². The first-order valence-electron chi connectivity index (χ1n) is 25.1. The molecule has 0 aliphatic heterocycles. The van der Waals surface area contributed by atoms with Gasteiger partial charge >= 0.3 is 11.9 Å². The predicted octanol–water partition coefficient (Wildman–Crippen LogP) is -6.69. The molecule has 20 N–H and O–H groups in total. The molecule has 0 aliphatic rings. The highest BCUT2D eigenvalue weighted by Crippen LogP contribution is 2.13. The number of nitrogens with zero attached hydrogens (tertiary/aromatic N) is 1. The van der Waals surface area contributed by atoms with Crippen molar-refractivity contribution < 1.29 is 88.2 Å². The van der Waals surface area contributed by atoms with Gasteiger partial charge in [-0.15, -0.1) is 0 Å². The van der Waals surface area contributed by atoms with Crippen molar-refractivity contribution in [2.24, 2.45) is 17.4 Å². The van der Waals surface area contributed by atoms with Gasteiger partial charge in [-0.05, 0) is 36.1 Å². The summed E-state index contributed by atoms with van der Waals surface area (Å²) in [7, 11) is 0. The molecule has 31 nitrogen and oxygen atoms in total. The number of hydrogen-bond acceptors (Lipinski definition) is 18. The summed E-state index contributed by atoms with van der Waals surface area (Å²) in [5, 5.41) is 79.6. The molecule has 81 heavy (non-hydrogen) atoms. The molecule has 1 aromatic heterocycles. The monoisotopic (exact) mass is 1140 g/mol. The number of rotatable bonds is 34. The number of primary amides is 1. The van der Waals surface area contributed by atoms with Gasteiger partial charge in [0.15, 0.2) is 0 Å². The Balaban J connectivity index is 1.76. The van der Waals surface area contributed by atoms with E-state index in [1.807, 2.05) is 0 Å². The third-order valence-corrected chi connectivity index (χ3v) is 12.2. The molecule has 0 saturated carbocycles. The van der Waals surface area contributed by atoms with E-state index in [-0.39, 0.29) is 31.4 Å². The predicted molar refractivity (Wildman–Crippen MR) is 280 cm³/mol. The second kappa shape index (κ2) is 32.7. The first-order valence-corrected chi connectivity index (χ1v) is 25.1. The zero-order chi connectivity index (χ0) is 60.5. The number of H-pyrrole nitrogens is 1. The molecular weight excluding hydrogens is 1070 g/mol. The number of aromatic amines is 1. The summed E-state index contributed by atoms with van der Waals surface area (Å²) in [6.07, 6.45) is -1.46.